The van der Waals surface area contributed by atoms with E-state index in [9.17, 15) is 4.79 Å². The topological polar surface area (TPSA) is 52.3 Å². The summed E-state index contributed by atoms with van der Waals surface area (Å²) >= 11 is 0. The van der Waals surface area contributed by atoms with Crippen molar-refractivity contribution in [2.45, 2.75) is 19.4 Å². The van der Waals surface area contributed by atoms with Crippen LogP contribution in [0.4, 0.5) is 0 Å². The third-order valence-corrected chi connectivity index (χ3v) is 3.86. The Labute approximate surface area is 135 Å². The molecule has 0 aliphatic heterocycles. The lowest BCUT2D eigenvalue weighted by atomic mass is 10.1. The summed E-state index contributed by atoms with van der Waals surface area (Å²) < 4.78 is 5.89. The molecule has 0 fully saturated rings. The largest absolute Gasteiger partial charge is 0.489 e. The Bertz CT molecular complexity index is 804. The lowest BCUT2D eigenvalue weighted by Crippen LogP contribution is -2.11. The van der Waals surface area contributed by atoms with E-state index in [1.807, 2.05) is 42.5 Å². The monoisotopic (exact) mass is 305 g/mol. The molecule has 0 aliphatic rings. The van der Waals surface area contributed by atoms with E-state index in [1.54, 1.807) is 0 Å². The van der Waals surface area contributed by atoms with Crippen LogP contribution in [0.3, 0.4) is 0 Å². The fourth-order valence-electron chi connectivity index (χ4n) is 2.60. The van der Waals surface area contributed by atoms with E-state index in [4.69, 9.17) is 10.5 Å². The number of benzene rings is 3. The first-order valence-electron chi connectivity index (χ1n) is 7.69. The number of fused-ring (bicyclic) bond motifs is 1. The molecule has 23 heavy (non-hydrogen) atoms. The van der Waals surface area contributed by atoms with E-state index in [0.717, 1.165) is 11.3 Å². The normalized spacial score (nSPS) is 10.6. The molecule has 3 nitrogen and oxygen atoms in total. The van der Waals surface area contributed by atoms with E-state index < -0.39 is 0 Å². The van der Waals surface area contributed by atoms with Crippen LogP contribution in [0.15, 0.2) is 66.7 Å². The number of amides is 1. The quantitative estimate of drug-likeness (QED) is 0.752. The number of aryl methyl sites for hydroxylation is 1. The van der Waals surface area contributed by atoms with Gasteiger partial charge in [-0.25, -0.2) is 0 Å². The van der Waals surface area contributed by atoms with Crippen molar-refractivity contribution >= 4 is 16.7 Å². The molecule has 3 heteroatoms. The zero-order valence-corrected chi connectivity index (χ0v) is 12.9. The lowest BCUT2D eigenvalue weighted by Gasteiger charge is -2.09. The van der Waals surface area contributed by atoms with Gasteiger partial charge in [0.05, 0.1) is 0 Å². The van der Waals surface area contributed by atoms with E-state index in [1.165, 1.54) is 16.3 Å². The Morgan fingerprint density at radius 1 is 0.913 bits per heavy atom. The van der Waals surface area contributed by atoms with Crippen molar-refractivity contribution in [1.29, 1.82) is 0 Å². The molecule has 2 N–H and O–H groups in total. The van der Waals surface area contributed by atoms with Crippen molar-refractivity contribution in [2.24, 2.45) is 5.73 Å². The molecule has 3 aromatic carbocycles. The summed E-state index contributed by atoms with van der Waals surface area (Å²) in [5.74, 6) is 0.544. The molecule has 0 aromatic heterocycles. The van der Waals surface area contributed by atoms with Gasteiger partial charge in [-0.2, -0.15) is 0 Å². The van der Waals surface area contributed by atoms with Crippen LogP contribution < -0.4 is 10.5 Å². The fourth-order valence-corrected chi connectivity index (χ4v) is 2.60. The van der Waals surface area contributed by atoms with Gasteiger partial charge in [0.25, 0.3) is 0 Å². The van der Waals surface area contributed by atoms with Crippen LogP contribution in [-0.2, 0) is 17.8 Å². The average Bonchev–Trinajstić information content (AvgIpc) is 2.59. The van der Waals surface area contributed by atoms with Gasteiger partial charge in [0.15, 0.2) is 0 Å². The van der Waals surface area contributed by atoms with Crippen LogP contribution in [0.25, 0.3) is 10.8 Å². The molecule has 0 unspecified atom stereocenters. The van der Waals surface area contributed by atoms with E-state index in [2.05, 4.69) is 24.3 Å². The molecule has 0 radical (unpaired) electrons. The molecular weight excluding hydrogens is 286 g/mol. The Hall–Kier alpha value is -2.81. The van der Waals surface area contributed by atoms with Crippen LogP contribution >= 0.6 is 0 Å². The minimum atomic E-state index is -0.277. The minimum absolute atomic E-state index is 0.277. The maximum Gasteiger partial charge on any atom is 0.217 e. The predicted octanol–water partition coefficient (Wildman–Crippen LogP) is 3.84. The number of nitrogens with two attached hydrogens (primary N) is 1. The number of carbonyl (C=O) groups excluding carboxylic acids is 1. The van der Waals surface area contributed by atoms with Gasteiger partial charge in [-0.15, -0.1) is 0 Å². The third kappa shape index (κ3) is 3.89. The SMILES string of the molecule is NC(=O)CCc1ccc(OCc2cccc3ccccc23)cc1. The van der Waals surface area contributed by atoms with Gasteiger partial charge in [0.1, 0.15) is 12.4 Å². The van der Waals surface area contributed by atoms with Gasteiger partial charge in [-0.1, -0.05) is 54.6 Å². The van der Waals surface area contributed by atoms with E-state index in [0.29, 0.717) is 19.4 Å². The Kier molecular flexibility index (Phi) is 4.57. The third-order valence-electron chi connectivity index (χ3n) is 3.86. The van der Waals surface area contributed by atoms with Crippen LogP contribution in [-0.4, -0.2) is 5.91 Å². The minimum Gasteiger partial charge on any atom is -0.489 e. The number of hydrogen-bond acceptors (Lipinski definition) is 2. The summed E-state index contributed by atoms with van der Waals surface area (Å²) in [4.78, 5) is 10.8. The van der Waals surface area contributed by atoms with Crippen LogP contribution in [0.1, 0.15) is 17.5 Å². The molecular formula is C20H19NO2. The summed E-state index contributed by atoms with van der Waals surface area (Å²) in [5.41, 5.74) is 7.42. The molecule has 0 bridgehead atoms. The molecule has 1 amide bonds. The summed E-state index contributed by atoms with van der Waals surface area (Å²) in [6, 6.07) is 22.3. The number of rotatable bonds is 6. The van der Waals surface area contributed by atoms with E-state index >= 15 is 0 Å². The zero-order chi connectivity index (χ0) is 16.1. The van der Waals surface area contributed by atoms with Crippen LogP contribution in [0, 0.1) is 0 Å². The average molecular weight is 305 g/mol. The maximum atomic E-state index is 10.8. The fraction of sp³-hybridized carbons (Fsp3) is 0.150. The predicted molar refractivity (Wildman–Crippen MR) is 92.2 cm³/mol. The lowest BCUT2D eigenvalue weighted by molar-refractivity contribution is -0.117. The smallest absolute Gasteiger partial charge is 0.217 e. The molecule has 0 saturated heterocycles. The summed E-state index contributed by atoms with van der Waals surface area (Å²) in [7, 11) is 0. The van der Waals surface area contributed by atoms with Crippen molar-refractivity contribution in [3.8, 4) is 5.75 Å². The molecule has 0 saturated carbocycles. The van der Waals surface area contributed by atoms with Crippen molar-refractivity contribution < 1.29 is 9.53 Å². The highest BCUT2D eigenvalue weighted by Gasteiger charge is 2.02. The van der Waals surface area contributed by atoms with Crippen molar-refractivity contribution in [1.82, 2.24) is 0 Å². The van der Waals surface area contributed by atoms with Crippen LogP contribution in [0.2, 0.25) is 0 Å². The molecule has 116 valence electrons. The van der Waals surface area contributed by atoms with Gasteiger partial charge in [-0.05, 0) is 40.5 Å². The molecule has 0 heterocycles. The first-order chi connectivity index (χ1) is 11.2. The van der Waals surface area contributed by atoms with Crippen molar-refractivity contribution in [3.05, 3.63) is 77.9 Å². The van der Waals surface area contributed by atoms with Crippen LogP contribution in [0.5, 0.6) is 5.75 Å². The second-order valence-electron chi connectivity index (χ2n) is 5.54. The first kappa shape index (κ1) is 15.1. The maximum absolute atomic E-state index is 10.8. The highest BCUT2D eigenvalue weighted by molar-refractivity contribution is 5.85. The second-order valence-corrected chi connectivity index (χ2v) is 5.54. The Morgan fingerprint density at radius 3 is 2.43 bits per heavy atom. The highest BCUT2D eigenvalue weighted by atomic mass is 16.5. The van der Waals surface area contributed by atoms with Gasteiger partial charge in [0, 0.05) is 6.42 Å². The number of ether oxygens (including phenoxy) is 1. The van der Waals surface area contributed by atoms with Gasteiger partial charge < -0.3 is 10.5 Å². The Morgan fingerprint density at radius 2 is 1.65 bits per heavy atom. The second kappa shape index (κ2) is 6.97. The summed E-state index contributed by atoms with van der Waals surface area (Å²) in [6.07, 6.45) is 1.04. The first-order valence-corrected chi connectivity index (χ1v) is 7.69. The van der Waals surface area contributed by atoms with Gasteiger partial charge >= 0.3 is 0 Å². The molecule has 3 aromatic rings. The molecule has 0 atom stereocenters. The number of hydrogen-bond donors (Lipinski definition) is 1. The zero-order valence-electron chi connectivity index (χ0n) is 12.9. The summed E-state index contributed by atoms with van der Waals surface area (Å²) in [6.45, 7) is 0.530. The standard InChI is InChI=1S/C20H19NO2/c21-20(22)13-10-15-8-11-18(12-9-15)23-14-17-6-3-5-16-4-1-2-7-19(16)17/h1-9,11-12H,10,13-14H2,(H2,21,22). The van der Waals surface area contributed by atoms with Crippen molar-refractivity contribution in [3.63, 3.8) is 0 Å². The van der Waals surface area contributed by atoms with Gasteiger partial charge in [-0.3, -0.25) is 4.79 Å². The molecule has 3 rings (SSSR count). The van der Waals surface area contributed by atoms with Gasteiger partial charge in [0.2, 0.25) is 5.91 Å². The highest BCUT2D eigenvalue weighted by Crippen LogP contribution is 2.21. The number of carbonyl (C=O) groups is 1. The van der Waals surface area contributed by atoms with Crippen molar-refractivity contribution in [2.75, 3.05) is 0 Å². The Balaban J connectivity index is 1.67. The van der Waals surface area contributed by atoms with E-state index in [-0.39, 0.29) is 5.91 Å². The summed E-state index contributed by atoms with van der Waals surface area (Å²) in [5, 5.41) is 2.43. The molecule has 0 spiro atoms. The molecule has 0 aliphatic carbocycles. The number of primary amides is 1.